The van der Waals surface area contributed by atoms with Crippen LogP contribution < -0.4 is 5.32 Å². The van der Waals surface area contributed by atoms with Gasteiger partial charge in [0.2, 0.25) is 0 Å². The van der Waals surface area contributed by atoms with Crippen LogP contribution in [0.2, 0.25) is 0 Å². The molecule has 0 heterocycles. The van der Waals surface area contributed by atoms with Crippen LogP contribution in [0.15, 0.2) is 51.8 Å². The van der Waals surface area contributed by atoms with E-state index in [1.165, 1.54) is 36.4 Å². The third kappa shape index (κ3) is 3.72. The molecule has 0 saturated heterocycles. The van der Waals surface area contributed by atoms with Crippen molar-refractivity contribution >= 4 is 37.4 Å². The Labute approximate surface area is 136 Å². The van der Waals surface area contributed by atoms with Crippen molar-refractivity contribution in [1.29, 1.82) is 0 Å². The monoisotopic (exact) mass is 385 g/mol. The molecule has 116 valence electrons. The van der Waals surface area contributed by atoms with Crippen LogP contribution in [-0.2, 0) is 9.84 Å². The highest BCUT2D eigenvalue weighted by atomic mass is 79.9. The SMILES string of the molecule is CCS(=O)(=O)c1ccc(NC(=O)c2cc(F)ccc2Br)cc1. The number of anilines is 1. The Morgan fingerprint density at radius 3 is 2.41 bits per heavy atom. The fourth-order valence-electron chi connectivity index (χ4n) is 1.78. The molecule has 0 aliphatic rings. The molecule has 22 heavy (non-hydrogen) atoms. The largest absolute Gasteiger partial charge is 0.322 e. The van der Waals surface area contributed by atoms with Gasteiger partial charge in [0.15, 0.2) is 9.84 Å². The maximum Gasteiger partial charge on any atom is 0.256 e. The highest BCUT2D eigenvalue weighted by molar-refractivity contribution is 9.10. The van der Waals surface area contributed by atoms with Crippen molar-refractivity contribution in [3.63, 3.8) is 0 Å². The summed E-state index contributed by atoms with van der Waals surface area (Å²) >= 11 is 3.18. The van der Waals surface area contributed by atoms with Gasteiger partial charge in [0.05, 0.1) is 16.2 Å². The van der Waals surface area contributed by atoms with Crippen LogP contribution in [-0.4, -0.2) is 20.1 Å². The number of sulfone groups is 1. The van der Waals surface area contributed by atoms with Crippen molar-refractivity contribution in [2.24, 2.45) is 0 Å². The van der Waals surface area contributed by atoms with Crippen LogP contribution in [0.3, 0.4) is 0 Å². The fraction of sp³-hybridized carbons (Fsp3) is 0.133. The van der Waals surface area contributed by atoms with E-state index in [2.05, 4.69) is 21.2 Å². The van der Waals surface area contributed by atoms with E-state index >= 15 is 0 Å². The molecule has 0 aliphatic heterocycles. The average Bonchev–Trinajstić information content (AvgIpc) is 2.50. The number of rotatable bonds is 4. The predicted octanol–water partition coefficient (Wildman–Crippen LogP) is 3.63. The Kier molecular flexibility index (Phi) is 4.97. The summed E-state index contributed by atoms with van der Waals surface area (Å²) in [4.78, 5) is 12.3. The molecule has 0 atom stereocenters. The number of hydrogen-bond donors (Lipinski definition) is 1. The first-order valence-electron chi connectivity index (χ1n) is 6.42. The summed E-state index contributed by atoms with van der Waals surface area (Å²) in [5.74, 6) is -0.996. The summed E-state index contributed by atoms with van der Waals surface area (Å²) in [6.07, 6.45) is 0. The zero-order valence-electron chi connectivity index (χ0n) is 11.6. The second-order valence-electron chi connectivity index (χ2n) is 4.51. The lowest BCUT2D eigenvalue weighted by atomic mass is 10.2. The van der Waals surface area contributed by atoms with Crippen LogP contribution in [0.4, 0.5) is 10.1 Å². The molecule has 0 bridgehead atoms. The van der Waals surface area contributed by atoms with Crippen molar-refractivity contribution in [2.75, 3.05) is 11.1 Å². The maximum absolute atomic E-state index is 13.2. The van der Waals surface area contributed by atoms with Crippen molar-refractivity contribution < 1.29 is 17.6 Å². The molecule has 0 spiro atoms. The van der Waals surface area contributed by atoms with Gasteiger partial charge in [-0.15, -0.1) is 0 Å². The van der Waals surface area contributed by atoms with Crippen LogP contribution in [0.25, 0.3) is 0 Å². The smallest absolute Gasteiger partial charge is 0.256 e. The van der Waals surface area contributed by atoms with E-state index in [4.69, 9.17) is 0 Å². The van der Waals surface area contributed by atoms with E-state index in [9.17, 15) is 17.6 Å². The number of nitrogens with one attached hydrogen (secondary N) is 1. The number of carbonyl (C=O) groups excluding carboxylic acids is 1. The Balaban J connectivity index is 2.21. The lowest BCUT2D eigenvalue weighted by Gasteiger charge is -2.08. The number of halogens is 2. The first kappa shape index (κ1) is 16.6. The van der Waals surface area contributed by atoms with Gasteiger partial charge in [-0.25, -0.2) is 12.8 Å². The molecule has 0 aromatic heterocycles. The molecule has 1 amide bonds. The van der Waals surface area contributed by atoms with Gasteiger partial charge in [-0.3, -0.25) is 4.79 Å². The van der Waals surface area contributed by atoms with Gasteiger partial charge in [0.1, 0.15) is 5.82 Å². The lowest BCUT2D eigenvalue weighted by Crippen LogP contribution is -2.13. The highest BCUT2D eigenvalue weighted by Crippen LogP contribution is 2.20. The molecular weight excluding hydrogens is 373 g/mol. The Bertz CT molecular complexity index is 804. The molecule has 7 heteroatoms. The topological polar surface area (TPSA) is 63.2 Å². The summed E-state index contributed by atoms with van der Waals surface area (Å²) in [6, 6.07) is 9.65. The minimum Gasteiger partial charge on any atom is -0.322 e. The molecular formula is C15H13BrFNO3S. The minimum absolute atomic E-state index is 0.00887. The van der Waals surface area contributed by atoms with Gasteiger partial charge < -0.3 is 5.32 Å². The van der Waals surface area contributed by atoms with E-state index in [0.29, 0.717) is 10.2 Å². The van der Waals surface area contributed by atoms with E-state index in [1.54, 1.807) is 6.92 Å². The number of benzene rings is 2. The number of hydrogen-bond acceptors (Lipinski definition) is 3. The second kappa shape index (κ2) is 6.58. The van der Waals surface area contributed by atoms with Crippen molar-refractivity contribution in [3.8, 4) is 0 Å². The van der Waals surface area contributed by atoms with Crippen LogP contribution in [0, 0.1) is 5.82 Å². The molecule has 1 N–H and O–H groups in total. The zero-order chi connectivity index (χ0) is 16.3. The molecule has 2 aromatic carbocycles. The van der Waals surface area contributed by atoms with Crippen LogP contribution in [0.5, 0.6) is 0 Å². The van der Waals surface area contributed by atoms with Gasteiger partial charge in [0, 0.05) is 10.2 Å². The summed E-state index contributed by atoms with van der Waals surface area (Å²) < 4.78 is 37.1. The third-order valence-corrected chi connectivity index (χ3v) is 5.47. The molecule has 4 nitrogen and oxygen atoms in total. The standard InChI is InChI=1S/C15H13BrFNO3S/c1-2-22(20,21)12-6-4-11(5-7-12)18-15(19)13-9-10(17)3-8-14(13)16/h3-9H,2H2,1H3,(H,18,19). The van der Waals surface area contributed by atoms with Gasteiger partial charge >= 0.3 is 0 Å². The number of amides is 1. The fourth-order valence-corrected chi connectivity index (χ4v) is 3.09. The third-order valence-electron chi connectivity index (χ3n) is 3.02. The van der Waals surface area contributed by atoms with Gasteiger partial charge in [0.25, 0.3) is 5.91 Å². The van der Waals surface area contributed by atoms with E-state index < -0.39 is 21.6 Å². The Morgan fingerprint density at radius 1 is 1.18 bits per heavy atom. The lowest BCUT2D eigenvalue weighted by molar-refractivity contribution is 0.102. The highest BCUT2D eigenvalue weighted by Gasteiger charge is 2.13. The summed E-state index contributed by atoms with van der Waals surface area (Å²) in [6.45, 7) is 1.56. The van der Waals surface area contributed by atoms with Crippen LogP contribution >= 0.6 is 15.9 Å². The maximum atomic E-state index is 13.2. The van der Waals surface area contributed by atoms with E-state index in [0.717, 1.165) is 6.07 Å². The molecule has 0 aliphatic carbocycles. The zero-order valence-corrected chi connectivity index (χ0v) is 14.0. The van der Waals surface area contributed by atoms with Gasteiger partial charge in [-0.2, -0.15) is 0 Å². The van der Waals surface area contributed by atoms with Gasteiger partial charge in [-0.1, -0.05) is 6.92 Å². The minimum atomic E-state index is -3.28. The molecule has 2 rings (SSSR count). The van der Waals surface area contributed by atoms with E-state index in [-0.39, 0.29) is 16.2 Å². The van der Waals surface area contributed by atoms with E-state index in [1.807, 2.05) is 0 Å². The van der Waals surface area contributed by atoms with Gasteiger partial charge in [-0.05, 0) is 58.4 Å². The van der Waals surface area contributed by atoms with Crippen LogP contribution in [0.1, 0.15) is 17.3 Å². The summed E-state index contributed by atoms with van der Waals surface area (Å²) in [5.41, 5.74) is 0.585. The Morgan fingerprint density at radius 2 is 1.82 bits per heavy atom. The quantitative estimate of drug-likeness (QED) is 0.873. The summed E-state index contributed by atoms with van der Waals surface area (Å²) in [7, 11) is -3.28. The predicted molar refractivity (Wildman–Crippen MR) is 86.2 cm³/mol. The molecule has 0 saturated carbocycles. The molecule has 0 fully saturated rings. The van der Waals surface area contributed by atoms with Crippen molar-refractivity contribution in [2.45, 2.75) is 11.8 Å². The molecule has 0 unspecified atom stereocenters. The normalized spacial score (nSPS) is 11.2. The van der Waals surface area contributed by atoms with Crippen molar-refractivity contribution in [3.05, 3.63) is 58.3 Å². The molecule has 2 aromatic rings. The number of carbonyl (C=O) groups is 1. The average molecular weight is 386 g/mol. The second-order valence-corrected chi connectivity index (χ2v) is 7.64. The molecule has 0 radical (unpaired) electrons. The van der Waals surface area contributed by atoms with Crippen molar-refractivity contribution in [1.82, 2.24) is 0 Å². The Hall–Kier alpha value is -1.73. The first-order valence-corrected chi connectivity index (χ1v) is 8.87. The summed E-state index contributed by atoms with van der Waals surface area (Å²) in [5, 5.41) is 2.59. The first-order chi connectivity index (χ1) is 10.3.